The second-order valence-electron chi connectivity index (χ2n) is 5.76. The largest absolute Gasteiger partial charge is 0.497 e. The third kappa shape index (κ3) is 3.05. The van der Waals surface area contributed by atoms with E-state index < -0.39 is 12.0 Å². The summed E-state index contributed by atoms with van der Waals surface area (Å²) in [6.07, 6.45) is 0.375. The Morgan fingerprint density at radius 2 is 2.04 bits per heavy atom. The molecule has 1 saturated heterocycles. The average Bonchev–Trinajstić information content (AvgIpc) is 2.66. The molecular formula is C18H20N2O5S. The van der Waals surface area contributed by atoms with Gasteiger partial charge in [-0.3, -0.25) is 9.69 Å². The second-order valence-corrected chi connectivity index (χ2v) is 6.82. The summed E-state index contributed by atoms with van der Waals surface area (Å²) in [6.45, 7) is 1.75. The molecule has 138 valence electrons. The number of hydrogen-bond donors (Lipinski definition) is 0. The van der Waals surface area contributed by atoms with E-state index in [1.54, 1.807) is 44.2 Å². The van der Waals surface area contributed by atoms with Crippen LogP contribution in [-0.2, 0) is 14.3 Å². The molecule has 2 aliphatic rings. The van der Waals surface area contributed by atoms with Crippen molar-refractivity contribution in [3.63, 3.8) is 0 Å². The van der Waals surface area contributed by atoms with Gasteiger partial charge in [0.15, 0.2) is 5.17 Å². The van der Waals surface area contributed by atoms with Crippen molar-refractivity contribution in [1.82, 2.24) is 4.90 Å². The van der Waals surface area contributed by atoms with Gasteiger partial charge in [-0.1, -0.05) is 11.8 Å². The van der Waals surface area contributed by atoms with Crippen LogP contribution < -0.4 is 9.47 Å². The van der Waals surface area contributed by atoms with Gasteiger partial charge in [0.1, 0.15) is 17.5 Å². The molecule has 0 aromatic heterocycles. The Bertz CT molecular complexity index is 818. The molecule has 0 aliphatic carbocycles. The predicted molar refractivity (Wildman–Crippen MR) is 98.4 cm³/mol. The van der Waals surface area contributed by atoms with Gasteiger partial charge in [-0.2, -0.15) is 0 Å². The number of fused-ring (bicyclic) bond motifs is 1. The molecule has 8 heteroatoms. The van der Waals surface area contributed by atoms with Crippen molar-refractivity contribution in [2.24, 2.45) is 4.99 Å². The summed E-state index contributed by atoms with van der Waals surface area (Å²) in [5.41, 5.74) is 1.49. The van der Waals surface area contributed by atoms with Crippen molar-refractivity contribution in [2.45, 2.75) is 19.4 Å². The number of amides is 1. The summed E-state index contributed by atoms with van der Waals surface area (Å²) in [5.74, 6) is 1.20. The van der Waals surface area contributed by atoms with Crippen LogP contribution in [0.15, 0.2) is 34.5 Å². The van der Waals surface area contributed by atoms with Gasteiger partial charge in [-0.05, 0) is 25.1 Å². The molecule has 1 atom stereocenters. The molecule has 0 N–H and O–H groups in total. The summed E-state index contributed by atoms with van der Waals surface area (Å²) < 4.78 is 15.8. The molecule has 0 spiro atoms. The molecule has 0 radical (unpaired) electrons. The van der Waals surface area contributed by atoms with E-state index in [1.165, 1.54) is 18.9 Å². The minimum absolute atomic E-state index is 0.0914. The van der Waals surface area contributed by atoms with Gasteiger partial charge < -0.3 is 14.2 Å². The number of thioether (sulfide) groups is 1. The molecule has 0 saturated carbocycles. The molecule has 1 aromatic carbocycles. The highest BCUT2D eigenvalue weighted by Gasteiger charge is 2.42. The molecule has 1 amide bonds. The standard InChI is InChI=1S/C18H20N2O5S/c1-10-15(17(22)25-4)16(20-14(21)7-8-26-18(20)19-10)12-9-11(23-2)5-6-13(12)24-3/h5-6,9,16H,7-8H2,1-4H3/t16-/m1/s1. The Balaban J connectivity index is 2.25. The van der Waals surface area contributed by atoms with Crippen LogP contribution in [-0.4, -0.2) is 49.0 Å². The van der Waals surface area contributed by atoms with Crippen molar-refractivity contribution in [2.75, 3.05) is 27.1 Å². The fourth-order valence-electron chi connectivity index (χ4n) is 3.11. The molecule has 26 heavy (non-hydrogen) atoms. The highest BCUT2D eigenvalue weighted by molar-refractivity contribution is 8.14. The lowest BCUT2D eigenvalue weighted by atomic mass is 9.93. The number of amidine groups is 1. The molecule has 2 aliphatic heterocycles. The third-order valence-electron chi connectivity index (χ3n) is 4.34. The molecule has 2 heterocycles. The lowest BCUT2D eigenvalue weighted by molar-refractivity contribution is -0.137. The van der Waals surface area contributed by atoms with Crippen LogP contribution in [0.4, 0.5) is 0 Å². The zero-order valence-electron chi connectivity index (χ0n) is 15.1. The maximum Gasteiger partial charge on any atom is 0.338 e. The smallest absolute Gasteiger partial charge is 0.338 e. The van der Waals surface area contributed by atoms with E-state index in [-0.39, 0.29) is 5.91 Å². The number of benzene rings is 1. The van der Waals surface area contributed by atoms with Crippen molar-refractivity contribution < 1.29 is 23.8 Å². The number of rotatable bonds is 4. The monoisotopic (exact) mass is 376 g/mol. The Morgan fingerprint density at radius 3 is 2.69 bits per heavy atom. The average molecular weight is 376 g/mol. The summed E-state index contributed by atoms with van der Waals surface area (Å²) in [5, 5.41) is 0.585. The third-order valence-corrected chi connectivity index (χ3v) is 5.30. The van der Waals surface area contributed by atoms with Gasteiger partial charge in [-0.15, -0.1) is 0 Å². The first-order valence-corrected chi connectivity index (χ1v) is 9.05. The number of carbonyl (C=O) groups is 2. The first kappa shape index (κ1) is 18.3. The lowest BCUT2D eigenvalue weighted by Crippen LogP contribution is -2.45. The quantitative estimate of drug-likeness (QED) is 0.752. The summed E-state index contributed by atoms with van der Waals surface area (Å²) in [6, 6.07) is 4.61. The minimum atomic E-state index is -0.680. The zero-order valence-corrected chi connectivity index (χ0v) is 15.9. The van der Waals surface area contributed by atoms with Crippen LogP contribution in [0, 0.1) is 0 Å². The molecule has 0 unspecified atom stereocenters. The fraction of sp³-hybridized carbons (Fsp3) is 0.389. The summed E-state index contributed by atoms with van der Waals surface area (Å²) in [4.78, 5) is 31.3. The van der Waals surface area contributed by atoms with E-state index in [9.17, 15) is 9.59 Å². The number of ether oxygens (including phenoxy) is 3. The lowest BCUT2D eigenvalue weighted by Gasteiger charge is -2.39. The first-order chi connectivity index (χ1) is 12.5. The maximum absolute atomic E-state index is 12.7. The van der Waals surface area contributed by atoms with Gasteiger partial charge >= 0.3 is 5.97 Å². The van der Waals surface area contributed by atoms with Crippen LogP contribution >= 0.6 is 11.8 Å². The second kappa shape index (κ2) is 7.41. The summed E-state index contributed by atoms with van der Waals surface area (Å²) in [7, 11) is 4.42. The number of esters is 1. The van der Waals surface area contributed by atoms with Gasteiger partial charge in [0.2, 0.25) is 5.91 Å². The Labute approximate surface area is 156 Å². The van der Waals surface area contributed by atoms with Crippen molar-refractivity contribution in [3.05, 3.63) is 35.0 Å². The van der Waals surface area contributed by atoms with E-state index in [4.69, 9.17) is 14.2 Å². The Kier molecular flexibility index (Phi) is 5.22. The number of aliphatic imine (C=N–C) groups is 1. The number of carbonyl (C=O) groups excluding carboxylic acids is 2. The first-order valence-electron chi connectivity index (χ1n) is 8.06. The molecular weight excluding hydrogens is 356 g/mol. The maximum atomic E-state index is 12.7. The van der Waals surface area contributed by atoms with Crippen LogP contribution in [0.5, 0.6) is 11.5 Å². The van der Waals surface area contributed by atoms with E-state index in [0.29, 0.717) is 45.7 Å². The van der Waals surface area contributed by atoms with Crippen molar-refractivity contribution in [3.8, 4) is 11.5 Å². The number of allylic oxidation sites excluding steroid dienone is 1. The molecule has 7 nitrogen and oxygen atoms in total. The SMILES string of the molecule is COC(=O)C1=C(C)N=C2SCCC(=O)N2[C@@H]1c1cc(OC)ccc1OC. The van der Waals surface area contributed by atoms with Gasteiger partial charge in [-0.25, -0.2) is 9.79 Å². The predicted octanol–water partition coefficient (Wildman–Crippen LogP) is 2.53. The Hall–Kier alpha value is -2.48. The summed E-state index contributed by atoms with van der Waals surface area (Å²) >= 11 is 1.49. The zero-order chi connectivity index (χ0) is 18.8. The van der Waals surface area contributed by atoms with Gasteiger partial charge in [0.25, 0.3) is 0 Å². The molecule has 1 aromatic rings. The van der Waals surface area contributed by atoms with Crippen LogP contribution in [0.1, 0.15) is 24.9 Å². The van der Waals surface area contributed by atoms with E-state index in [0.717, 1.165) is 0 Å². The Morgan fingerprint density at radius 1 is 1.27 bits per heavy atom. The van der Waals surface area contributed by atoms with Crippen LogP contribution in [0.2, 0.25) is 0 Å². The van der Waals surface area contributed by atoms with Crippen molar-refractivity contribution in [1.29, 1.82) is 0 Å². The highest BCUT2D eigenvalue weighted by Crippen LogP contribution is 2.44. The van der Waals surface area contributed by atoms with E-state index >= 15 is 0 Å². The number of methoxy groups -OCH3 is 3. The number of nitrogens with zero attached hydrogens (tertiary/aromatic N) is 2. The van der Waals surface area contributed by atoms with Crippen molar-refractivity contribution >= 4 is 28.8 Å². The highest BCUT2D eigenvalue weighted by atomic mass is 32.2. The molecule has 3 rings (SSSR count). The molecule has 0 bridgehead atoms. The fourth-order valence-corrected chi connectivity index (χ4v) is 4.12. The van der Waals surface area contributed by atoms with E-state index in [2.05, 4.69) is 4.99 Å². The molecule has 1 fully saturated rings. The van der Waals surface area contributed by atoms with Gasteiger partial charge in [0.05, 0.1) is 32.6 Å². The normalized spacial score (nSPS) is 19.7. The van der Waals surface area contributed by atoms with Crippen LogP contribution in [0.25, 0.3) is 0 Å². The number of hydrogen-bond acceptors (Lipinski definition) is 7. The minimum Gasteiger partial charge on any atom is -0.497 e. The van der Waals surface area contributed by atoms with Gasteiger partial charge in [0, 0.05) is 17.7 Å². The van der Waals surface area contributed by atoms with E-state index in [1.807, 2.05) is 0 Å². The van der Waals surface area contributed by atoms with Crippen LogP contribution in [0.3, 0.4) is 0 Å². The topological polar surface area (TPSA) is 77.4 Å².